The molecule has 0 aliphatic carbocycles. The predicted octanol–water partition coefficient (Wildman–Crippen LogP) is 13.3. The Bertz CT molecular complexity index is 889. The number of hydrogen-bond acceptors (Lipinski definition) is 5. The van der Waals surface area contributed by atoms with Gasteiger partial charge in [0.2, 0.25) is 5.91 Å². The first kappa shape index (κ1) is 54.5. The summed E-state index contributed by atoms with van der Waals surface area (Å²) < 4.78 is 0. The van der Waals surface area contributed by atoms with Gasteiger partial charge in [0.25, 0.3) is 0 Å². The number of amides is 1. The quantitative estimate of drug-likeness (QED) is 0.0312. The first-order valence-corrected chi connectivity index (χ1v) is 24.4. The first-order valence-electron chi connectivity index (χ1n) is 24.4. The van der Waals surface area contributed by atoms with Gasteiger partial charge in [-0.05, 0) is 64.2 Å². The van der Waals surface area contributed by atoms with Gasteiger partial charge in [-0.1, -0.05) is 217 Å². The molecule has 0 aromatic carbocycles. The lowest BCUT2D eigenvalue weighted by molar-refractivity contribution is -0.132. The van der Waals surface area contributed by atoms with Crippen LogP contribution in [0.25, 0.3) is 0 Å². The van der Waals surface area contributed by atoms with Crippen LogP contribution in [0.2, 0.25) is 0 Å². The molecule has 0 saturated carbocycles. The van der Waals surface area contributed by atoms with Gasteiger partial charge in [0.15, 0.2) is 0 Å². The molecule has 5 N–H and O–H groups in total. The molecule has 0 aliphatic rings. The monoisotopic (exact) mass is 790 g/mol. The van der Waals surface area contributed by atoms with Gasteiger partial charge in [0.05, 0.1) is 18.8 Å². The van der Waals surface area contributed by atoms with E-state index in [-0.39, 0.29) is 0 Å². The van der Waals surface area contributed by atoms with Crippen molar-refractivity contribution in [3.8, 4) is 0 Å². The molecule has 330 valence electrons. The Hall–Kier alpha value is -1.47. The Morgan fingerprint density at radius 1 is 0.429 bits per heavy atom. The van der Waals surface area contributed by atoms with E-state index in [1.54, 1.807) is 0 Å². The van der Waals surface area contributed by atoms with Crippen LogP contribution in [-0.4, -0.2) is 57.3 Å². The summed E-state index contributed by atoms with van der Waals surface area (Å²) in [5.41, 5.74) is 0. The number of aliphatic hydroxyl groups excluding tert-OH is 4. The lowest BCUT2D eigenvalue weighted by atomic mass is 10.00. The van der Waals surface area contributed by atoms with Crippen LogP contribution >= 0.6 is 0 Å². The highest BCUT2D eigenvalue weighted by atomic mass is 16.3. The molecule has 0 aliphatic heterocycles. The van der Waals surface area contributed by atoms with E-state index in [1.807, 2.05) is 0 Å². The van der Waals surface area contributed by atoms with Gasteiger partial charge >= 0.3 is 0 Å². The minimum Gasteiger partial charge on any atom is -0.394 e. The first-order chi connectivity index (χ1) is 27.5. The highest BCUT2D eigenvalue weighted by Crippen LogP contribution is 2.16. The molecule has 0 radical (unpaired) electrons. The van der Waals surface area contributed by atoms with Gasteiger partial charge in [0.1, 0.15) is 12.2 Å². The van der Waals surface area contributed by atoms with Crippen molar-refractivity contribution in [2.45, 2.75) is 269 Å². The van der Waals surface area contributed by atoms with Gasteiger partial charge in [0, 0.05) is 0 Å². The SMILES string of the molecule is CCCCCCCCCCCCCCCCC/C=C/CC/C=C/CC/C=C/CCCC(O)C(O)C(CO)NC(=O)C(O)CCCCCCCCCCCCCC. The van der Waals surface area contributed by atoms with Gasteiger partial charge < -0.3 is 25.7 Å². The fourth-order valence-corrected chi connectivity index (χ4v) is 7.44. The molecular formula is C50H95NO5. The Labute approximate surface area is 347 Å². The molecule has 6 nitrogen and oxygen atoms in total. The van der Waals surface area contributed by atoms with E-state index in [0.717, 1.165) is 51.4 Å². The summed E-state index contributed by atoms with van der Waals surface area (Å²) in [6, 6.07) is -1.01. The number of aliphatic hydroxyl groups is 4. The van der Waals surface area contributed by atoms with Crippen molar-refractivity contribution >= 4 is 5.91 Å². The summed E-state index contributed by atoms with van der Waals surface area (Å²) in [6.07, 6.45) is 53.4. The predicted molar refractivity (Wildman–Crippen MR) is 242 cm³/mol. The van der Waals surface area contributed by atoms with Crippen LogP contribution < -0.4 is 5.32 Å². The second-order valence-electron chi connectivity index (χ2n) is 16.8. The number of unbranched alkanes of at least 4 members (excludes halogenated alkanes) is 29. The average Bonchev–Trinajstić information content (AvgIpc) is 3.20. The molecular weight excluding hydrogens is 695 g/mol. The topological polar surface area (TPSA) is 110 Å². The zero-order valence-corrected chi connectivity index (χ0v) is 37.1. The summed E-state index contributed by atoms with van der Waals surface area (Å²) in [5, 5.41) is 43.6. The molecule has 6 heteroatoms. The molecule has 0 bridgehead atoms. The summed E-state index contributed by atoms with van der Waals surface area (Å²) in [4.78, 5) is 12.5. The molecule has 4 unspecified atom stereocenters. The van der Waals surface area contributed by atoms with E-state index < -0.39 is 36.9 Å². The van der Waals surface area contributed by atoms with Crippen LogP contribution in [0.3, 0.4) is 0 Å². The molecule has 0 rings (SSSR count). The smallest absolute Gasteiger partial charge is 0.249 e. The van der Waals surface area contributed by atoms with E-state index in [9.17, 15) is 25.2 Å². The van der Waals surface area contributed by atoms with Crippen molar-refractivity contribution in [1.29, 1.82) is 0 Å². The van der Waals surface area contributed by atoms with Crippen molar-refractivity contribution < 1.29 is 25.2 Å². The third-order valence-corrected chi connectivity index (χ3v) is 11.3. The largest absolute Gasteiger partial charge is 0.394 e. The zero-order chi connectivity index (χ0) is 41.0. The molecule has 1 amide bonds. The van der Waals surface area contributed by atoms with Gasteiger partial charge in [-0.25, -0.2) is 0 Å². The van der Waals surface area contributed by atoms with Crippen LogP contribution in [0.1, 0.15) is 245 Å². The molecule has 56 heavy (non-hydrogen) atoms. The molecule has 0 aromatic rings. The number of hydrogen-bond donors (Lipinski definition) is 5. The lowest BCUT2D eigenvalue weighted by Gasteiger charge is -2.27. The molecule has 4 atom stereocenters. The Kier molecular flexibility index (Phi) is 43.5. The molecule has 0 heterocycles. The fraction of sp³-hybridized carbons (Fsp3) is 0.860. The van der Waals surface area contributed by atoms with Gasteiger partial charge in [-0.2, -0.15) is 0 Å². The second kappa shape index (κ2) is 44.6. The molecule has 0 spiro atoms. The van der Waals surface area contributed by atoms with Crippen LogP contribution in [0, 0.1) is 0 Å². The number of carbonyl (C=O) groups excluding carboxylic acids is 1. The van der Waals surface area contributed by atoms with Crippen molar-refractivity contribution in [3.05, 3.63) is 36.5 Å². The summed E-state index contributed by atoms with van der Waals surface area (Å²) >= 11 is 0. The maximum Gasteiger partial charge on any atom is 0.249 e. The maximum absolute atomic E-state index is 12.5. The third-order valence-electron chi connectivity index (χ3n) is 11.3. The van der Waals surface area contributed by atoms with Gasteiger partial charge in [-0.15, -0.1) is 0 Å². The Morgan fingerprint density at radius 2 is 0.750 bits per heavy atom. The normalized spacial score (nSPS) is 14.3. The third kappa shape index (κ3) is 38.1. The summed E-state index contributed by atoms with van der Waals surface area (Å²) in [7, 11) is 0. The van der Waals surface area contributed by atoms with Gasteiger partial charge in [-0.3, -0.25) is 4.79 Å². The molecule has 0 fully saturated rings. The maximum atomic E-state index is 12.5. The van der Waals surface area contributed by atoms with Crippen LogP contribution in [-0.2, 0) is 4.79 Å². The zero-order valence-electron chi connectivity index (χ0n) is 37.1. The van der Waals surface area contributed by atoms with Crippen LogP contribution in [0.4, 0.5) is 0 Å². The lowest BCUT2D eigenvalue weighted by Crippen LogP contribution is -2.53. The van der Waals surface area contributed by atoms with Crippen LogP contribution in [0.5, 0.6) is 0 Å². The Morgan fingerprint density at radius 3 is 1.12 bits per heavy atom. The highest BCUT2D eigenvalue weighted by Gasteiger charge is 2.28. The fourth-order valence-electron chi connectivity index (χ4n) is 7.44. The number of allylic oxidation sites excluding steroid dienone is 6. The number of rotatable bonds is 44. The Balaban J connectivity index is 3.73. The van der Waals surface area contributed by atoms with E-state index in [1.165, 1.54) is 161 Å². The number of carbonyl (C=O) groups is 1. The van der Waals surface area contributed by atoms with Crippen molar-refractivity contribution in [1.82, 2.24) is 5.32 Å². The van der Waals surface area contributed by atoms with E-state index in [2.05, 4.69) is 55.6 Å². The van der Waals surface area contributed by atoms with E-state index in [0.29, 0.717) is 19.3 Å². The van der Waals surface area contributed by atoms with Crippen molar-refractivity contribution in [3.63, 3.8) is 0 Å². The highest BCUT2D eigenvalue weighted by molar-refractivity contribution is 5.80. The molecule has 0 aromatic heterocycles. The van der Waals surface area contributed by atoms with E-state index in [4.69, 9.17) is 0 Å². The minimum atomic E-state index is -1.29. The second-order valence-corrected chi connectivity index (χ2v) is 16.8. The standard InChI is InChI=1S/C50H95NO5/c1-3-5-7-9-11-13-15-17-18-19-20-21-22-23-24-25-26-27-28-29-30-31-32-34-35-37-39-41-43-47(53)49(55)46(45-52)51-50(56)48(54)44-42-40-38-36-33-16-14-12-10-8-6-4-2/h26-27,30-31,35,37,46-49,52-55H,3-25,28-29,32-34,36,38-45H2,1-2H3,(H,51,56)/b27-26+,31-30+,37-35+. The summed E-state index contributed by atoms with van der Waals surface area (Å²) in [5.74, 6) is -0.600. The molecule has 0 saturated heterocycles. The average molecular weight is 790 g/mol. The summed E-state index contributed by atoms with van der Waals surface area (Å²) in [6.45, 7) is 4.03. The van der Waals surface area contributed by atoms with Crippen LogP contribution in [0.15, 0.2) is 36.5 Å². The number of nitrogens with one attached hydrogen (secondary N) is 1. The van der Waals surface area contributed by atoms with Crippen molar-refractivity contribution in [2.75, 3.05) is 6.61 Å². The minimum absolute atomic E-state index is 0.360. The van der Waals surface area contributed by atoms with Crippen molar-refractivity contribution in [2.24, 2.45) is 0 Å². The van der Waals surface area contributed by atoms with E-state index >= 15 is 0 Å².